The van der Waals surface area contributed by atoms with Crippen LogP contribution in [0.15, 0.2) is 24.5 Å². The van der Waals surface area contributed by atoms with Gasteiger partial charge in [0.05, 0.1) is 5.56 Å². The van der Waals surface area contributed by atoms with Gasteiger partial charge in [0.25, 0.3) is 0 Å². The van der Waals surface area contributed by atoms with E-state index < -0.39 is 0 Å². The van der Waals surface area contributed by atoms with E-state index in [4.69, 9.17) is 4.74 Å². The van der Waals surface area contributed by atoms with Crippen molar-refractivity contribution >= 4 is 5.97 Å². The van der Waals surface area contributed by atoms with Crippen LogP contribution < -0.4 is 0 Å². The summed E-state index contributed by atoms with van der Waals surface area (Å²) in [5.74, 6) is 0.360. The molecule has 18 heavy (non-hydrogen) atoms. The van der Waals surface area contributed by atoms with Crippen molar-refractivity contribution in [3.8, 4) is 0 Å². The standard InChI is InChI=1S/C15H21NO2/c1-11-7-13(9-15(2,3)8-11)18-14(17)12-5-4-6-16-10-12/h4-6,10-11,13H,7-9H2,1-3H3/t11-,13-/m0/s1. The number of hydrogen-bond acceptors (Lipinski definition) is 3. The number of ether oxygens (including phenoxy) is 1. The third-order valence-corrected chi connectivity index (χ3v) is 3.52. The van der Waals surface area contributed by atoms with Gasteiger partial charge in [0.2, 0.25) is 0 Å². The van der Waals surface area contributed by atoms with E-state index in [0.717, 1.165) is 12.8 Å². The highest BCUT2D eigenvalue weighted by Crippen LogP contribution is 2.39. The summed E-state index contributed by atoms with van der Waals surface area (Å²) in [6, 6.07) is 3.50. The van der Waals surface area contributed by atoms with Gasteiger partial charge in [0, 0.05) is 12.4 Å². The molecule has 1 aromatic rings. The number of carbonyl (C=O) groups is 1. The van der Waals surface area contributed by atoms with E-state index in [2.05, 4.69) is 25.8 Å². The summed E-state index contributed by atoms with van der Waals surface area (Å²) in [7, 11) is 0. The molecule has 1 heterocycles. The number of nitrogens with zero attached hydrogens (tertiary/aromatic N) is 1. The third kappa shape index (κ3) is 3.31. The minimum absolute atomic E-state index is 0.0384. The van der Waals surface area contributed by atoms with Crippen molar-refractivity contribution in [2.24, 2.45) is 11.3 Å². The molecule has 0 unspecified atom stereocenters. The van der Waals surface area contributed by atoms with Gasteiger partial charge in [-0.3, -0.25) is 4.98 Å². The van der Waals surface area contributed by atoms with Gasteiger partial charge < -0.3 is 4.74 Å². The first-order valence-corrected chi connectivity index (χ1v) is 6.57. The molecule has 1 saturated carbocycles. The van der Waals surface area contributed by atoms with Crippen molar-refractivity contribution < 1.29 is 9.53 Å². The van der Waals surface area contributed by atoms with Crippen LogP contribution in [0.4, 0.5) is 0 Å². The zero-order valence-corrected chi connectivity index (χ0v) is 11.3. The lowest BCUT2D eigenvalue weighted by atomic mass is 9.71. The van der Waals surface area contributed by atoms with Gasteiger partial charge >= 0.3 is 5.97 Å². The number of rotatable bonds is 2. The minimum Gasteiger partial charge on any atom is -0.459 e. The van der Waals surface area contributed by atoms with Crippen molar-refractivity contribution in [1.29, 1.82) is 0 Å². The molecule has 1 fully saturated rings. The molecule has 3 heteroatoms. The molecule has 0 aromatic carbocycles. The molecule has 0 radical (unpaired) electrons. The molecule has 0 N–H and O–H groups in total. The van der Waals surface area contributed by atoms with Crippen LogP contribution in [0.25, 0.3) is 0 Å². The Morgan fingerprint density at radius 1 is 1.44 bits per heavy atom. The van der Waals surface area contributed by atoms with Gasteiger partial charge in [-0.1, -0.05) is 20.8 Å². The molecule has 0 aliphatic heterocycles. The molecule has 3 nitrogen and oxygen atoms in total. The highest BCUT2D eigenvalue weighted by molar-refractivity contribution is 5.89. The maximum atomic E-state index is 12.0. The van der Waals surface area contributed by atoms with Crippen LogP contribution >= 0.6 is 0 Å². The van der Waals surface area contributed by atoms with E-state index in [-0.39, 0.29) is 17.5 Å². The summed E-state index contributed by atoms with van der Waals surface area (Å²) in [5, 5.41) is 0. The Bertz CT molecular complexity index is 414. The highest BCUT2D eigenvalue weighted by Gasteiger charge is 2.34. The average molecular weight is 247 g/mol. The molecule has 0 bridgehead atoms. The molecule has 0 spiro atoms. The van der Waals surface area contributed by atoms with Crippen LogP contribution in [0.1, 0.15) is 50.4 Å². The van der Waals surface area contributed by atoms with Gasteiger partial charge in [-0.25, -0.2) is 4.79 Å². The van der Waals surface area contributed by atoms with E-state index in [1.165, 1.54) is 6.42 Å². The number of pyridine rings is 1. The summed E-state index contributed by atoms with van der Waals surface area (Å²) < 4.78 is 5.60. The predicted molar refractivity (Wildman–Crippen MR) is 70.2 cm³/mol. The summed E-state index contributed by atoms with van der Waals surface area (Å²) in [6.07, 6.45) is 6.37. The van der Waals surface area contributed by atoms with Gasteiger partial charge in [-0.2, -0.15) is 0 Å². The zero-order chi connectivity index (χ0) is 13.2. The Balaban J connectivity index is 1.99. The highest BCUT2D eigenvalue weighted by atomic mass is 16.5. The molecule has 1 aromatic heterocycles. The van der Waals surface area contributed by atoms with Crippen LogP contribution in [-0.4, -0.2) is 17.1 Å². The molecule has 0 amide bonds. The molecule has 2 rings (SSSR count). The largest absolute Gasteiger partial charge is 0.459 e. The normalized spacial score (nSPS) is 26.6. The topological polar surface area (TPSA) is 39.2 Å². The minimum atomic E-state index is -0.252. The fraction of sp³-hybridized carbons (Fsp3) is 0.600. The number of carbonyl (C=O) groups excluding carboxylic acids is 1. The SMILES string of the molecule is C[C@H]1C[C@H](OC(=O)c2cccnc2)CC(C)(C)C1. The zero-order valence-electron chi connectivity index (χ0n) is 11.3. The molecular formula is C15H21NO2. The number of hydrogen-bond donors (Lipinski definition) is 0. The molecule has 0 saturated heterocycles. The first kappa shape index (κ1) is 13.1. The second-order valence-electron chi connectivity index (χ2n) is 6.18. The maximum absolute atomic E-state index is 12.0. The fourth-order valence-electron chi connectivity index (χ4n) is 3.05. The van der Waals surface area contributed by atoms with E-state index in [0.29, 0.717) is 11.5 Å². The number of esters is 1. The van der Waals surface area contributed by atoms with E-state index in [1.54, 1.807) is 24.5 Å². The Morgan fingerprint density at radius 2 is 2.22 bits per heavy atom. The van der Waals surface area contributed by atoms with Crippen molar-refractivity contribution in [3.63, 3.8) is 0 Å². The lowest BCUT2D eigenvalue weighted by Crippen LogP contribution is -2.34. The smallest absolute Gasteiger partial charge is 0.339 e. The fourth-order valence-corrected chi connectivity index (χ4v) is 3.05. The van der Waals surface area contributed by atoms with Crippen molar-refractivity contribution in [3.05, 3.63) is 30.1 Å². The van der Waals surface area contributed by atoms with Crippen LogP contribution in [0.5, 0.6) is 0 Å². The number of aromatic nitrogens is 1. The van der Waals surface area contributed by atoms with Crippen LogP contribution in [0, 0.1) is 11.3 Å². The van der Waals surface area contributed by atoms with E-state index >= 15 is 0 Å². The Kier molecular flexibility index (Phi) is 3.69. The van der Waals surface area contributed by atoms with Gasteiger partial charge in [0.15, 0.2) is 0 Å². The Morgan fingerprint density at radius 3 is 2.83 bits per heavy atom. The Hall–Kier alpha value is -1.38. The van der Waals surface area contributed by atoms with Crippen molar-refractivity contribution in [2.75, 3.05) is 0 Å². The summed E-state index contributed by atoms with van der Waals surface area (Å²) in [4.78, 5) is 15.9. The molecule has 2 atom stereocenters. The summed E-state index contributed by atoms with van der Waals surface area (Å²) in [6.45, 7) is 6.72. The lowest BCUT2D eigenvalue weighted by molar-refractivity contribution is -0.00717. The average Bonchev–Trinajstić information content (AvgIpc) is 2.27. The monoisotopic (exact) mass is 247 g/mol. The summed E-state index contributed by atoms with van der Waals surface area (Å²) >= 11 is 0. The van der Waals surface area contributed by atoms with E-state index in [9.17, 15) is 4.79 Å². The molecule has 1 aliphatic carbocycles. The van der Waals surface area contributed by atoms with Gasteiger partial charge in [0.1, 0.15) is 6.10 Å². The van der Waals surface area contributed by atoms with Crippen molar-refractivity contribution in [2.45, 2.75) is 46.1 Å². The predicted octanol–water partition coefficient (Wildman–Crippen LogP) is 3.45. The van der Waals surface area contributed by atoms with Gasteiger partial charge in [-0.05, 0) is 42.7 Å². The van der Waals surface area contributed by atoms with Crippen LogP contribution in [0.2, 0.25) is 0 Å². The quantitative estimate of drug-likeness (QED) is 0.751. The molecular weight excluding hydrogens is 226 g/mol. The molecule has 1 aliphatic rings. The molecule has 98 valence electrons. The second kappa shape index (κ2) is 5.09. The van der Waals surface area contributed by atoms with E-state index in [1.807, 2.05) is 0 Å². The van der Waals surface area contributed by atoms with Crippen molar-refractivity contribution in [1.82, 2.24) is 4.98 Å². The first-order chi connectivity index (χ1) is 8.46. The van der Waals surface area contributed by atoms with Gasteiger partial charge in [-0.15, -0.1) is 0 Å². The van der Waals surface area contributed by atoms with Crippen LogP contribution in [-0.2, 0) is 4.74 Å². The van der Waals surface area contributed by atoms with Crippen LogP contribution in [0.3, 0.4) is 0 Å². The second-order valence-corrected chi connectivity index (χ2v) is 6.18. The summed E-state index contributed by atoms with van der Waals surface area (Å²) in [5.41, 5.74) is 0.797. The Labute approximate surface area is 109 Å². The lowest BCUT2D eigenvalue weighted by Gasteiger charge is -2.38. The third-order valence-electron chi connectivity index (χ3n) is 3.52. The first-order valence-electron chi connectivity index (χ1n) is 6.57. The maximum Gasteiger partial charge on any atom is 0.339 e.